The maximum absolute atomic E-state index is 12.3. The van der Waals surface area contributed by atoms with Crippen molar-refractivity contribution in [1.29, 1.82) is 0 Å². The van der Waals surface area contributed by atoms with Crippen LogP contribution >= 0.6 is 0 Å². The highest BCUT2D eigenvalue weighted by molar-refractivity contribution is 5.27. The van der Waals surface area contributed by atoms with Crippen molar-refractivity contribution in [3.8, 4) is 11.8 Å². The number of hydrogen-bond acceptors (Lipinski definition) is 4. The van der Waals surface area contributed by atoms with Gasteiger partial charge in [0.2, 0.25) is 0 Å². The van der Waals surface area contributed by atoms with E-state index in [9.17, 15) is 5.11 Å². The third-order valence-corrected chi connectivity index (χ3v) is 10.4. The SMILES string of the molecule is C[C@]12CC[C@H](OCC#CCN)C[C@H]1CC[C@@H]1[C@@H]2CC[C@]2(C)[C@@H](c3ccoc3)CC[C@]12O. The summed E-state index contributed by atoms with van der Waals surface area (Å²) in [5.74, 6) is 8.10. The van der Waals surface area contributed by atoms with E-state index in [4.69, 9.17) is 14.9 Å². The minimum absolute atomic E-state index is 0.0385. The fourth-order valence-corrected chi connectivity index (χ4v) is 8.63. The standard InChI is InChI=1S/C27H39NO3/c1-25-11-7-21(31-15-4-3-14-28)17-20(25)5-6-24-23(25)8-12-26(2)22(9-13-27(24,26)29)19-10-16-30-18-19/h10,16,18,20-24,29H,5-9,11-15,17,28H2,1-2H3/t20-,21+,22-,23+,24-,25+,26-,27+/m1/s1. The lowest BCUT2D eigenvalue weighted by atomic mass is 9.43. The zero-order valence-corrected chi connectivity index (χ0v) is 19.2. The molecule has 4 nitrogen and oxygen atoms in total. The van der Waals surface area contributed by atoms with Crippen LogP contribution in [0.4, 0.5) is 0 Å². The molecule has 3 N–H and O–H groups in total. The van der Waals surface area contributed by atoms with Crippen LogP contribution < -0.4 is 5.73 Å². The summed E-state index contributed by atoms with van der Waals surface area (Å²) in [5, 5.41) is 12.3. The third-order valence-electron chi connectivity index (χ3n) is 10.4. The molecule has 4 aliphatic rings. The first-order valence-electron chi connectivity index (χ1n) is 12.4. The fraction of sp³-hybridized carbons (Fsp3) is 0.778. The molecule has 1 aromatic heterocycles. The van der Waals surface area contributed by atoms with E-state index in [1.165, 1.54) is 24.8 Å². The van der Waals surface area contributed by atoms with Crippen molar-refractivity contribution in [3.05, 3.63) is 24.2 Å². The predicted octanol–water partition coefficient (Wildman–Crippen LogP) is 4.87. The summed E-state index contributed by atoms with van der Waals surface area (Å²) in [4.78, 5) is 0. The zero-order valence-electron chi connectivity index (χ0n) is 19.2. The zero-order chi connectivity index (χ0) is 21.7. The van der Waals surface area contributed by atoms with Gasteiger partial charge >= 0.3 is 0 Å². The Morgan fingerprint density at radius 3 is 2.74 bits per heavy atom. The summed E-state index contributed by atoms with van der Waals surface area (Å²) in [6, 6.07) is 2.12. The summed E-state index contributed by atoms with van der Waals surface area (Å²) in [6.45, 7) is 5.81. The van der Waals surface area contributed by atoms with Gasteiger partial charge in [-0.05, 0) is 98.5 Å². The lowest BCUT2D eigenvalue weighted by Gasteiger charge is -2.63. The summed E-state index contributed by atoms with van der Waals surface area (Å²) in [7, 11) is 0. The van der Waals surface area contributed by atoms with Gasteiger partial charge in [0.1, 0.15) is 6.61 Å². The van der Waals surface area contributed by atoms with Gasteiger partial charge in [-0.1, -0.05) is 25.7 Å². The maximum Gasteiger partial charge on any atom is 0.108 e. The topological polar surface area (TPSA) is 68.6 Å². The third kappa shape index (κ3) is 3.23. The molecule has 31 heavy (non-hydrogen) atoms. The Labute approximate surface area is 187 Å². The predicted molar refractivity (Wildman–Crippen MR) is 121 cm³/mol. The quantitative estimate of drug-likeness (QED) is 0.678. The monoisotopic (exact) mass is 425 g/mol. The molecule has 0 radical (unpaired) electrons. The normalized spacial score (nSPS) is 46.4. The number of furan rings is 1. The van der Waals surface area contributed by atoms with E-state index in [0.29, 0.717) is 48.3 Å². The summed E-state index contributed by atoms with van der Waals surface area (Å²) >= 11 is 0. The number of hydrogen-bond donors (Lipinski definition) is 2. The smallest absolute Gasteiger partial charge is 0.108 e. The molecular weight excluding hydrogens is 386 g/mol. The van der Waals surface area contributed by atoms with Crippen molar-refractivity contribution < 1.29 is 14.3 Å². The minimum atomic E-state index is -0.545. The van der Waals surface area contributed by atoms with Crippen molar-refractivity contribution in [2.24, 2.45) is 34.3 Å². The van der Waals surface area contributed by atoms with Crippen molar-refractivity contribution in [3.63, 3.8) is 0 Å². The van der Waals surface area contributed by atoms with Gasteiger partial charge < -0.3 is 20.0 Å². The molecule has 1 heterocycles. The summed E-state index contributed by atoms with van der Waals surface area (Å²) in [6.07, 6.45) is 14.3. The molecule has 8 atom stereocenters. The molecule has 4 heteroatoms. The molecule has 1 aromatic rings. The van der Waals surface area contributed by atoms with E-state index in [2.05, 4.69) is 31.8 Å². The Morgan fingerprint density at radius 2 is 1.97 bits per heavy atom. The van der Waals surface area contributed by atoms with Gasteiger partial charge in [-0.25, -0.2) is 0 Å². The van der Waals surface area contributed by atoms with Gasteiger partial charge in [0.25, 0.3) is 0 Å². The van der Waals surface area contributed by atoms with E-state index in [-0.39, 0.29) is 5.41 Å². The first kappa shape index (κ1) is 21.6. The van der Waals surface area contributed by atoms with Crippen LogP contribution in [0.25, 0.3) is 0 Å². The first-order valence-corrected chi connectivity index (χ1v) is 12.4. The minimum Gasteiger partial charge on any atom is -0.472 e. The fourth-order valence-electron chi connectivity index (χ4n) is 8.63. The maximum atomic E-state index is 12.3. The van der Waals surface area contributed by atoms with Crippen LogP contribution in [0.5, 0.6) is 0 Å². The highest BCUT2D eigenvalue weighted by Gasteiger charge is 2.67. The molecule has 0 spiro atoms. The Balaban J connectivity index is 1.33. The number of nitrogens with two attached hydrogens (primary N) is 1. The van der Waals surface area contributed by atoms with Crippen molar-refractivity contribution >= 4 is 0 Å². The molecule has 0 bridgehead atoms. The molecule has 0 saturated heterocycles. The second-order valence-electron chi connectivity index (χ2n) is 11.3. The Morgan fingerprint density at radius 1 is 1.10 bits per heavy atom. The Kier molecular flexibility index (Phi) is 5.52. The molecule has 4 saturated carbocycles. The van der Waals surface area contributed by atoms with Gasteiger partial charge in [0.15, 0.2) is 0 Å². The van der Waals surface area contributed by atoms with E-state index in [1.54, 1.807) is 6.26 Å². The molecule has 5 rings (SSSR count). The van der Waals surface area contributed by atoms with Gasteiger partial charge in [-0.3, -0.25) is 0 Å². The van der Waals surface area contributed by atoms with Gasteiger partial charge in [0, 0.05) is 5.41 Å². The summed E-state index contributed by atoms with van der Waals surface area (Å²) in [5.41, 5.74) is 6.48. The van der Waals surface area contributed by atoms with Crippen LogP contribution in [0.1, 0.15) is 83.1 Å². The highest BCUT2D eigenvalue weighted by Crippen LogP contribution is 2.70. The first-order chi connectivity index (χ1) is 14.9. The van der Waals surface area contributed by atoms with Crippen LogP contribution in [0.2, 0.25) is 0 Å². The molecule has 4 fully saturated rings. The van der Waals surface area contributed by atoms with Gasteiger partial charge in [-0.2, -0.15) is 0 Å². The molecule has 0 aromatic carbocycles. The van der Waals surface area contributed by atoms with Crippen molar-refractivity contribution in [1.82, 2.24) is 0 Å². The largest absolute Gasteiger partial charge is 0.472 e. The lowest BCUT2D eigenvalue weighted by Crippen LogP contribution is -2.62. The lowest BCUT2D eigenvalue weighted by molar-refractivity contribution is -0.206. The van der Waals surface area contributed by atoms with Crippen molar-refractivity contribution in [2.45, 2.75) is 89.3 Å². The van der Waals surface area contributed by atoms with Gasteiger partial charge in [-0.15, -0.1) is 0 Å². The molecule has 0 unspecified atom stereocenters. The van der Waals surface area contributed by atoms with Crippen LogP contribution in [0.3, 0.4) is 0 Å². The van der Waals surface area contributed by atoms with Crippen LogP contribution in [0, 0.1) is 40.4 Å². The van der Waals surface area contributed by atoms with Crippen LogP contribution in [0.15, 0.2) is 23.0 Å². The number of fused-ring (bicyclic) bond motifs is 5. The van der Waals surface area contributed by atoms with E-state index in [1.807, 2.05) is 6.26 Å². The molecule has 0 amide bonds. The number of aliphatic hydroxyl groups is 1. The average molecular weight is 426 g/mol. The van der Waals surface area contributed by atoms with Crippen LogP contribution in [-0.2, 0) is 4.74 Å². The Bertz CT molecular complexity index is 840. The molecule has 0 aliphatic heterocycles. The summed E-state index contributed by atoms with van der Waals surface area (Å²) < 4.78 is 11.5. The second-order valence-corrected chi connectivity index (χ2v) is 11.3. The van der Waals surface area contributed by atoms with E-state index < -0.39 is 5.60 Å². The molecule has 4 aliphatic carbocycles. The Hall–Kier alpha value is -1.28. The van der Waals surface area contributed by atoms with E-state index >= 15 is 0 Å². The second kappa shape index (κ2) is 7.94. The van der Waals surface area contributed by atoms with Crippen molar-refractivity contribution in [2.75, 3.05) is 13.2 Å². The number of ether oxygens (including phenoxy) is 1. The molecular formula is C27H39NO3. The highest BCUT2D eigenvalue weighted by atomic mass is 16.5. The van der Waals surface area contributed by atoms with E-state index in [0.717, 1.165) is 38.5 Å². The number of rotatable bonds is 3. The average Bonchev–Trinajstić information content (AvgIpc) is 3.37. The molecule has 170 valence electrons. The van der Waals surface area contributed by atoms with Gasteiger partial charge in [0.05, 0.1) is 30.8 Å². The van der Waals surface area contributed by atoms with Crippen LogP contribution in [-0.4, -0.2) is 30.0 Å².